The van der Waals surface area contributed by atoms with E-state index in [2.05, 4.69) is 0 Å². The average Bonchev–Trinajstić information content (AvgIpc) is 3.14. The van der Waals surface area contributed by atoms with Gasteiger partial charge in [-0.3, -0.25) is 4.79 Å². The van der Waals surface area contributed by atoms with Gasteiger partial charge >= 0.3 is 0 Å². The number of Topliss-reactive ketones (excluding diaryl/α,β-unsaturated/α-hetero) is 1. The van der Waals surface area contributed by atoms with Gasteiger partial charge in [-0.25, -0.2) is 0 Å². The standard InChI is InChI=1S/C14H22O3/c15-13(12-1-2-12)9-11-3-6-17-14(10-11)4-7-16-8-5-14/h11-12H,1-10H2. The first-order chi connectivity index (χ1) is 8.27. The number of rotatable bonds is 3. The van der Waals surface area contributed by atoms with Crippen LogP contribution in [0.4, 0.5) is 0 Å². The molecular weight excluding hydrogens is 216 g/mol. The van der Waals surface area contributed by atoms with Crippen LogP contribution in [0.25, 0.3) is 0 Å². The van der Waals surface area contributed by atoms with Gasteiger partial charge in [-0.15, -0.1) is 0 Å². The summed E-state index contributed by atoms with van der Waals surface area (Å²) < 4.78 is 11.4. The lowest BCUT2D eigenvalue weighted by atomic mass is 9.78. The van der Waals surface area contributed by atoms with Crippen LogP contribution in [0.5, 0.6) is 0 Å². The molecule has 3 heteroatoms. The van der Waals surface area contributed by atoms with Gasteiger partial charge in [-0.2, -0.15) is 0 Å². The van der Waals surface area contributed by atoms with Crippen LogP contribution in [0.2, 0.25) is 0 Å². The minimum absolute atomic E-state index is 0.0466. The molecule has 3 rings (SSSR count). The Morgan fingerprint density at radius 3 is 2.59 bits per heavy atom. The molecular formula is C14H22O3. The van der Waals surface area contributed by atoms with Crippen molar-refractivity contribution in [1.29, 1.82) is 0 Å². The minimum atomic E-state index is 0.0466. The fourth-order valence-corrected chi connectivity index (χ4v) is 3.25. The Kier molecular flexibility index (Phi) is 3.22. The van der Waals surface area contributed by atoms with Crippen molar-refractivity contribution in [2.45, 2.75) is 50.5 Å². The molecule has 1 saturated carbocycles. The largest absolute Gasteiger partial charge is 0.381 e. The summed E-state index contributed by atoms with van der Waals surface area (Å²) in [5.74, 6) is 1.50. The Hall–Kier alpha value is -0.410. The monoisotopic (exact) mass is 238 g/mol. The molecule has 0 aromatic heterocycles. The van der Waals surface area contributed by atoms with Gasteiger partial charge in [-0.05, 0) is 44.4 Å². The Morgan fingerprint density at radius 1 is 1.12 bits per heavy atom. The van der Waals surface area contributed by atoms with Crippen LogP contribution in [0.3, 0.4) is 0 Å². The normalized spacial score (nSPS) is 32.6. The average molecular weight is 238 g/mol. The minimum Gasteiger partial charge on any atom is -0.381 e. The first-order valence-corrected chi connectivity index (χ1v) is 7.02. The Morgan fingerprint density at radius 2 is 1.88 bits per heavy atom. The van der Waals surface area contributed by atoms with Gasteiger partial charge in [0.25, 0.3) is 0 Å². The summed E-state index contributed by atoms with van der Waals surface area (Å²) in [6.07, 6.45) is 7.26. The van der Waals surface area contributed by atoms with Gasteiger partial charge in [0.1, 0.15) is 5.78 Å². The summed E-state index contributed by atoms with van der Waals surface area (Å²) in [5, 5.41) is 0. The van der Waals surface area contributed by atoms with Gasteiger partial charge in [0, 0.05) is 32.2 Å². The topological polar surface area (TPSA) is 35.5 Å². The molecule has 3 fully saturated rings. The molecule has 0 aromatic carbocycles. The highest BCUT2D eigenvalue weighted by molar-refractivity contribution is 5.83. The first kappa shape index (κ1) is 11.7. The lowest BCUT2D eigenvalue weighted by molar-refractivity contribution is -0.150. The maximum absolute atomic E-state index is 11.9. The smallest absolute Gasteiger partial charge is 0.136 e. The van der Waals surface area contributed by atoms with Gasteiger partial charge < -0.3 is 9.47 Å². The number of carbonyl (C=O) groups excluding carboxylic acids is 1. The number of hydrogen-bond donors (Lipinski definition) is 0. The Balaban J connectivity index is 1.56. The molecule has 3 aliphatic rings. The number of ether oxygens (including phenoxy) is 2. The molecule has 0 amide bonds. The molecule has 0 bridgehead atoms. The van der Waals surface area contributed by atoms with Crippen LogP contribution >= 0.6 is 0 Å². The summed E-state index contributed by atoms with van der Waals surface area (Å²) in [7, 11) is 0. The molecule has 1 unspecified atom stereocenters. The van der Waals surface area contributed by atoms with Gasteiger partial charge in [0.05, 0.1) is 5.60 Å². The molecule has 17 heavy (non-hydrogen) atoms. The second-order valence-corrected chi connectivity index (χ2v) is 5.95. The molecule has 96 valence electrons. The lowest BCUT2D eigenvalue weighted by Crippen LogP contribution is -2.44. The van der Waals surface area contributed by atoms with Crippen molar-refractivity contribution in [2.24, 2.45) is 11.8 Å². The molecule has 3 nitrogen and oxygen atoms in total. The fraction of sp³-hybridized carbons (Fsp3) is 0.929. The summed E-state index contributed by atoms with van der Waals surface area (Å²) in [4.78, 5) is 11.9. The number of hydrogen-bond acceptors (Lipinski definition) is 3. The van der Waals surface area contributed by atoms with E-state index >= 15 is 0 Å². The third kappa shape index (κ3) is 2.71. The van der Waals surface area contributed by atoms with E-state index in [0.717, 1.165) is 64.8 Å². The quantitative estimate of drug-likeness (QED) is 0.757. The van der Waals surface area contributed by atoms with Crippen molar-refractivity contribution in [3.63, 3.8) is 0 Å². The van der Waals surface area contributed by atoms with Crippen molar-refractivity contribution >= 4 is 5.78 Å². The SMILES string of the molecule is O=C(CC1CCOC2(CCOCC2)C1)C1CC1. The molecule has 1 spiro atoms. The highest BCUT2D eigenvalue weighted by Crippen LogP contribution is 2.40. The van der Waals surface area contributed by atoms with Crippen LogP contribution in [0, 0.1) is 11.8 Å². The van der Waals surface area contributed by atoms with E-state index in [1.54, 1.807) is 0 Å². The van der Waals surface area contributed by atoms with E-state index in [1.165, 1.54) is 0 Å². The molecule has 0 radical (unpaired) electrons. The molecule has 1 atom stereocenters. The first-order valence-electron chi connectivity index (χ1n) is 7.02. The van der Waals surface area contributed by atoms with Crippen LogP contribution in [0.1, 0.15) is 44.9 Å². The summed E-state index contributed by atoms with van der Waals surface area (Å²) >= 11 is 0. The van der Waals surface area contributed by atoms with Crippen LogP contribution in [-0.2, 0) is 14.3 Å². The molecule has 0 N–H and O–H groups in total. The van der Waals surface area contributed by atoms with E-state index in [-0.39, 0.29) is 5.60 Å². The van der Waals surface area contributed by atoms with Crippen LogP contribution in [0.15, 0.2) is 0 Å². The summed E-state index contributed by atoms with van der Waals surface area (Å²) in [6.45, 7) is 2.48. The van der Waals surface area contributed by atoms with Crippen LogP contribution < -0.4 is 0 Å². The van der Waals surface area contributed by atoms with Gasteiger partial charge in [0.2, 0.25) is 0 Å². The van der Waals surface area contributed by atoms with Crippen molar-refractivity contribution in [2.75, 3.05) is 19.8 Å². The highest BCUT2D eigenvalue weighted by atomic mass is 16.5. The molecule has 2 heterocycles. The Bertz CT molecular complexity index is 284. The maximum atomic E-state index is 11.9. The lowest BCUT2D eigenvalue weighted by Gasteiger charge is -2.43. The third-order valence-corrected chi connectivity index (χ3v) is 4.52. The van der Waals surface area contributed by atoms with Gasteiger partial charge in [0.15, 0.2) is 0 Å². The third-order valence-electron chi connectivity index (χ3n) is 4.52. The maximum Gasteiger partial charge on any atom is 0.136 e. The second kappa shape index (κ2) is 4.69. The predicted octanol–water partition coefficient (Wildman–Crippen LogP) is 2.33. The van der Waals surface area contributed by atoms with E-state index < -0.39 is 0 Å². The zero-order chi connectivity index (χ0) is 11.7. The molecule has 2 aliphatic heterocycles. The summed E-state index contributed by atoms with van der Waals surface area (Å²) in [6, 6.07) is 0. The summed E-state index contributed by atoms with van der Waals surface area (Å²) in [5.41, 5.74) is 0.0466. The van der Waals surface area contributed by atoms with Crippen molar-refractivity contribution in [3.8, 4) is 0 Å². The van der Waals surface area contributed by atoms with E-state index in [1.807, 2.05) is 0 Å². The van der Waals surface area contributed by atoms with Crippen LogP contribution in [-0.4, -0.2) is 31.2 Å². The predicted molar refractivity (Wildman–Crippen MR) is 63.8 cm³/mol. The van der Waals surface area contributed by atoms with Crippen molar-refractivity contribution in [1.82, 2.24) is 0 Å². The second-order valence-electron chi connectivity index (χ2n) is 5.95. The number of ketones is 1. The fourth-order valence-electron chi connectivity index (χ4n) is 3.25. The molecule has 0 aromatic rings. The van der Waals surface area contributed by atoms with E-state index in [4.69, 9.17) is 9.47 Å². The van der Waals surface area contributed by atoms with E-state index in [9.17, 15) is 4.79 Å². The molecule has 2 saturated heterocycles. The molecule has 1 aliphatic carbocycles. The Labute approximate surface area is 103 Å². The van der Waals surface area contributed by atoms with Gasteiger partial charge in [-0.1, -0.05) is 0 Å². The number of carbonyl (C=O) groups is 1. The zero-order valence-corrected chi connectivity index (χ0v) is 10.5. The van der Waals surface area contributed by atoms with E-state index in [0.29, 0.717) is 17.6 Å². The van der Waals surface area contributed by atoms with Crippen molar-refractivity contribution < 1.29 is 14.3 Å². The zero-order valence-electron chi connectivity index (χ0n) is 10.5. The highest BCUT2D eigenvalue weighted by Gasteiger charge is 2.40. The van der Waals surface area contributed by atoms with Crippen molar-refractivity contribution in [3.05, 3.63) is 0 Å².